The van der Waals surface area contributed by atoms with Gasteiger partial charge in [-0.15, -0.1) is 0 Å². The summed E-state index contributed by atoms with van der Waals surface area (Å²) in [5.41, 5.74) is 0.461. The third-order valence-electron chi connectivity index (χ3n) is 3.13. The molecular formula is C16H19NO4. The van der Waals surface area contributed by atoms with Crippen molar-refractivity contribution in [3.05, 3.63) is 47.7 Å². The molecule has 0 bridgehead atoms. The minimum absolute atomic E-state index is 0.201. The molecule has 0 fully saturated rings. The first-order chi connectivity index (χ1) is 9.78. The van der Waals surface area contributed by atoms with Gasteiger partial charge in [0.1, 0.15) is 5.60 Å². The van der Waals surface area contributed by atoms with Crippen LogP contribution in [0, 0.1) is 0 Å². The van der Waals surface area contributed by atoms with Crippen molar-refractivity contribution in [3.8, 4) is 0 Å². The number of amides is 1. The highest BCUT2D eigenvalue weighted by Gasteiger charge is 2.34. The van der Waals surface area contributed by atoms with Crippen LogP contribution in [0.1, 0.15) is 32.3 Å². The number of carboxylic acids is 1. The van der Waals surface area contributed by atoms with E-state index in [-0.39, 0.29) is 18.0 Å². The van der Waals surface area contributed by atoms with Crippen LogP contribution in [0.4, 0.5) is 4.79 Å². The number of benzene rings is 1. The van der Waals surface area contributed by atoms with Gasteiger partial charge in [0.25, 0.3) is 0 Å². The minimum atomic E-state index is -1.02. The van der Waals surface area contributed by atoms with Crippen LogP contribution in [-0.4, -0.2) is 34.2 Å². The highest BCUT2D eigenvalue weighted by molar-refractivity contribution is 5.90. The summed E-state index contributed by atoms with van der Waals surface area (Å²) >= 11 is 0. The molecule has 0 aromatic heterocycles. The van der Waals surface area contributed by atoms with Gasteiger partial charge in [-0.3, -0.25) is 4.90 Å². The molecule has 1 atom stereocenters. The predicted octanol–water partition coefficient (Wildman–Crippen LogP) is 2.99. The molecule has 21 heavy (non-hydrogen) atoms. The summed E-state index contributed by atoms with van der Waals surface area (Å²) in [4.78, 5) is 24.8. The second-order valence-electron chi connectivity index (χ2n) is 5.99. The van der Waals surface area contributed by atoms with E-state index in [2.05, 4.69) is 0 Å². The van der Waals surface area contributed by atoms with Crippen LogP contribution in [0.3, 0.4) is 0 Å². The minimum Gasteiger partial charge on any atom is -0.478 e. The Hall–Kier alpha value is -2.30. The molecule has 1 aliphatic rings. The molecule has 1 N–H and O–H groups in total. The quantitative estimate of drug-likeness (QED) is 0.909. The van der Waals surface area contributed by atoms with Crippen molar-refractivity contribution in [1.29, 1.82) is 0 Å². The standard InChI is InChI=1S/C16H19NO4/c1-16(2,3)21-15(20)17-9-12(13(10-17)14(18)19)11-7-5-4-6-8-11/h4-8,10,12H,9H2,1-3H3,(H,18,19). The van der Waals surface area contributed by atoms with Crippen molar-refractivity contribution >= 4 is 12.1 Å². The number of nitrogens with zero attached hydrogens (tertiary/aromatic N) is 1. The van der Waals surface area contributed by atoms with Crippen LogP contribution in [0.15, 0.2) is 42.1 Å². The molecule has 1 amide bonds. The second kappa shape index (κ2) is 5.60. The number of hydrogen-bond acceptors (Lipinski definition) is 3. The van der Waals surface area contributed by atoms with Crippen LogP contribution < -0.4 is 0 Å². The van der Waals surface area contributed by atoms with E-state index >= 15 is 0 Å². The molecule has 0 saturated heterocycles. The van der Waals surface area contributed by atoms with E-state index < -0.39 is 17.7 Å². The third-order valence-corrected chi connectivity index (χ3v) is 3.13. The molecule has 112 valence electrons. The topological polar surface area (TPSA) is 66.8 Å². The van der Waals surface area contributed by atoms with Gasteiger partial charge in [-0.2, -0.15) is 0 Å². The van der Waals surface area contributed by atoms with Crippen LogP contribution in [0.2, 0.25) is 0 Å². The smallest absolute Gasteiger partial charge is 0.414 e. The zero-order valence-electron chi connectivity index (χ0n) is 12.4. The van der Waals surface area contributed by atoms with Crippen LogP contribution >= 0.6 is 0 Å². The van der Waals surface area contributed by atoms with Crippen molar-refractivity contribution in [2.75, 3.05) is 6.54 Å². The zero-order chi connectivity index (χ0) is 15.6. The Labute approximate surface area is 123 Å². The van der Waals surface area contributed by atoms with Crippen LogP contribution in [0.25, 0.3) is 0 Å². The average molecular weight is 289 g/mol. The van der Waals surface area contributed by atoms with Gasteiger partial charge in [0.2, 0.25) is 0 Å². The van der Waals surface area contributed by atoms with Gasteiger partial charge >= 0.3 is 12.1 Å². The molecule has 1 heterocycles. The zero-order valence-corrected chi connectivity index (χ0v) is 12.4. The molecule has 1 aromatic rings. The Morgan fingerprint density at radius 3 is 2.38 bits per heavy atom. The fourth-order valence-corrected chi connectivity index (χ4v) is 2.23. The van der Waals surface area contributed by atoms with E-state index in [1.165, 1.54) is 11.1 Å². The highest BCUT2D eigenvalue weighted by Crippen LogP contribution is 2.32. The van der Waals surface area contributed by atoms with Crippen molar-refractivity contribution in [1.82, 2.24) is 4.90 Å². The largest absolute Gasteiger partial charge is 0.478 e. The van der Waals surface area contributed by atoms with Gasteiger partial charge in [-0.05, 0) is 26.3 Å². The van der Waals surface area contributed by atoms with Crippen molar-refractivity contribution in [2.45, 2.75) is 32.3 Å². The molecule has 5 heteroatoms. The SMILES string of the molecule is CC(C)(C)OC(=O)N1C=C(C(=O)O)C(c2ccccc2)C1. The van der Waals surface area contributed by atoms with Crippen LogP contribution in [0.5, 0.6) is 0 Å². The van der Waals surface area contributed by atoms with Gasteiger partial charge in [0.05, 0.1) is 5.57 Å². The summed E-state index contributed by atoms with van der Waals surface area (Å²) in [6, 6.07) is 9.30. The Bertz CT molecular complexity index is 572. The number of hydrogen-bond donors (Lipinski definition) is 1. The molecule has 0 saturated carbocycles. The Morgan fingerprint density at radius 1 is 1.24 bits per heavy atom. The maximum Gasteiger partial charge on any atom is 0.414 e. The van der Waals surface area contributed by atoms with E-state index in [1.807, 2.05) is 30.3 Å². The lowest BCUT2D eigenvalue weighted by Crippen LogP contribution is -2.33. The normalized spacial score (nSPS) is 18.3. The average Bonchev–Trinajstić information content (AvgIpc) is 2.83. The second-order valence-corrected chi connectivity index (χ2v) is 5.99. The maximum absolute atomic E-state index is 12.1. The maximum atomic E-state index is 12.1. The number of carbonyl (C=O) groups is 2. The molecule has 1 aliphatic heterocycles. The van der Waals surface area contributed by atoms with Gasteiger partial charge in [0.15, 0.2) is 0 Å². The fraction of sp³-hybridized carbons (Fsp3) is 0.375. The van der Waals surface area contributed by atoms with Crippen LogP contribution in [-0.2, 0) is 9.53 Å². The number of rotatable bonds is 2. The number of carboxylic acid groups (broad SMARTS) is 1. The fourth-order valence-electron chi connectivity index (χ4n) is 2.23. The number of aliphatic carboxylic acids is 1. The van der Waals surface area contributed by atoms with Gasteiger partial charge in [-0.1, -0.05) is 30.3 Å². The third kappa shape index (κ3) is 3.62. The lowest BCUT2D eigenvalue weighted by Gasteiger charge is -2.24. The summed E-state index contributed by atoms with van der Waals surface area (Å²) in [5.74, 6) is -1.36. The predicted molar refractivity (Wildman–Crippen MR) is 77.8 cm³/mol. The Morgan fingerprint density at radius 2 is 1.86 bits per heavy atom. The molecular weight excluding hydrogens is 270 g/mol. The Kier molecular flexibility index (Phi) is 4.02. The number of carbonyl (C=O) groups excluding carboxylic acids is 1. The van der Waals surface area contributed by atoms with Crippen molar-refractivity contribution < 1.29 is 19.4 Å². The molecule has 0 radical (unpaired) electrons. The lowest BCUT2D eigenvalue weighted by molar-refractivity contribution is -0.132. The summed E-state index contributed by atoms with van der Waals surface area (Å²) in [5, 5.41) is 9.33. The van der Waals surface area contributed by atoms with Crippen molar-refractivity contribution in [3.63, 3.8) is 0 Å². The molecule has 1 unspecified atom stereocenters. The summed E-state index contributed by atoms with van der Waals surface area (Å²) in [6.07, 6.45) is 0.841. The Balaban J connectivity index is 2.22. The monoisotopic (exact) mass is 289 g/mol. The first-order valence-electron chi connectivity index (χ1n) is 6.77. The van der Waals surface area contributed by atoms with Crippen molar-refractivity contribution in [2.24, 2.45) is 0 Å². The molecule has 1 aromatic carbocycles. The number of ether oxygens (including phenoxy) is 1. The van der Waals surface area contributed by atoms with Gasteiger partial charge in [-0.25, -0.2) is 9.59 Å². The van der Waals surface area contributed by atoms with Gasteiger partial charge < -0.3 is 9.84 Å². The lowest BCUT2D eigenvalue weighted by atomic mass is 9.94. The van der Waals surface area contributed by atoms with E-state index in [1.54, 1.807) is 20.8 Å². The van der Waals surface area contributed by atoms with E-state index in [0.29, 0.717) is 0 Å². The highest BCUT2D eigenvalue weighted by atomic mass is 16.6. The van der Waals surface area contributed by atoms with Gasteiger partial charge in [0, 0.05) is 18.7 Å². The molecule has 2 rings (SSSR count). The first kappa shape index (κ1) is 15.1. The molecule has 0 aliphatic carbocycles. The van der Waals surface area contributed by atoms with E-state index in [4.69, 9.17) is 4.74 Å². The molecule has 0 spiro atoms. The van der Waals surface area contributed by atoms with E-state index in [9.17, 15) is 14.7 Å². The summed E-state index contributed by atoms with van der Waals surface area (Å²) in [6.45, 7) is 5.60. The first-order valence-corrected chi connectivity index (χ1v) is 6.77. The molecule has 5 nitrogen and oxygen atoms in total. The van der Waals surface area contributed by atoms with E-state index in [0.717, 1.165) is 5.56 Å². The summed E-state index contributed by atoms with van der Waals surface area (Å²) < 4.78 is 5.28. The summed E-state index contributed by atoms with van der Waals surface area (Å²) in [7, 11) is 0.